The monoisotopic (exact) mass is 241 g/mol. The van der Waals surface area contributed by atoms with Crippen molar-refractivity contribution in [1.29, 1.82) is 0 Å². The zero-order chi connectivity index (χ0) is 12.3. The predicted octanol–water partition coefficient (Wildman–Crippen LogP) is 1.79. The van der Waals surface area contributed by atoms with Gasteiger partial charge in [0.15, 0.2) is 0 Å². The van der Waals surface area contributed by atoms with Crippen LogP contribution in [-0.4, -0.2) is 62.7 Å². The fraction of sp³-hybridized carbons (Fsp3) is 1.00. The molecule has 0 bridgehead atoms. The van der Waals surface area contributed by atoms with Gasteiger partial charge in [0.05, 0.1) is 0 Å². The molecule has 1 N–H and O–H groups in total. The average Bonchev–Trinajstić information content (AvgIpc) is 2.37. The molecule has 0 aromatic rings. The van der Waals surface area contributed by atoms with Gasteiger partial charge in [0.25, 0.3) is 0 Å². The summed E-state index contributed by atoms with van der Waals surface area (Å²) >= 11 is 0. The van der Waals surface area contributed by atoms with Crippen molar-refractivity contribution in [3.05, 3.63) is 0 Å². The third-order valence-corrected chi connectivity index (χ3v) is 3.65. The van der Waals surface area contributed by atoms with Crippen molar-refractivity contribution in [2.75, 3.05) is 52.9 Å². The molecule has 102 valence electrons. The number of piperazine rings is 1. The second-order valence-corrected chi connectivity index (χ2v) is 5.31. The van der Waals surface area contributed by atoms with Gasteiger partial charge in [0.1, 0.15) is 0 Å². The van der Waals surface area contributed by atoms with Crippen molar-refractivity contribution >= 4 is 0 Å². The number of hydrogen-bond acceptors (Lipinski definition) is 3. The zero-order valence-corrected chi connectivity index (χ0v) is 11.9. The minimum absolute atomic E-state index is 1.17. The standard InChI is InChI=1S/C14H31N3/c1-3-4-5-6-7-10-16(2)13-14-17-11-8-15-9-12-17/h15H,3-14H2,1-2H3. The van der Waals surface area contributed by atoms with E-state index in [-0.39, 0.29) is 0 Å². The Morgan fingerprint density at radius 1 is 1.00 bits per heavy atom. The molecule has 17 heavy (non-hydrogen) atoms. The van der Waals surface area contributed by atoms with E-state index in [9.17, 15) is 0 Å². The Morgan fingerprint density at radius 2 is 1.71 bits per heavy atom. The largest absolute Gasteiger partial charge is 0.314 e. The van der Waals surface area contributed by atoms with E-state index >= 15 is 0 Å². The van der Waals surface area contributed by atoms with Gasteiger partial charge in [0.2, 0.25) is 0 Å². The quantitative estimate of drug-likeness (QED) is 0.621. The Kier molecular flexibility index (Phi) is 8.67. The van der Waals surface area contributed by atoms with Gasteiger partial charge in [-0.1, -0.05) is 32.6 Å². The van der Waals surface area contributed by atoms with Crippen molar-refractivity contribution in [2.24, 2.45) is 0 Å². The molecule has 1 rings (SSSR count). The van der Waals surface area contributed by atoms with Crippen molar-refractivity contribution in [1.82, 2.24) is 15.1 Å². The molecule has 1 aliphatic heterocycles. The summed E-state index contributed by atoms with van der Waals surface area (Å²) in [4.78, 5) is 5.07. The number of likely N-dealkylation sites (N-methyl/N-ethyl adjacent to an activating group) is 1. The highest BCUT2D eigenvalue weighted by Gasteiger charge is 2.09. The molecule has 0 aromatic carbocycles. The third kappa shape index (κ3) is 7.74. The fourth-order valence-electron chi connectivity index (χ4n) is 2.34. The first-order valence-corrected chi connectivity index (χ1v) is 7.44. The van der Waals surface area contributed by atoms with E-state index < -0.39 is 0 Å². The van der Waals surface area contributed by atoms with Crippen molar-refractivity contribution in [2.45, 2.75) is 39.0 Å². The molecule has 1 fully saturated rings. The van der Waals surface area contributed by atoms with Crippen LogP contribution in [0.5, 0.6) is 0 Å². The van der Waals surface area contributed by atoms with E-state index in [0.29, 0.717) is 0 Å². The third-order valence-electron chi connectivity index (χ3n) is 3.65. The summed E-state index contributed by atoms with van der Waals surface area (Å²) in [7, 11) is 2.27. The summed E-state index contributed by atoms with van der Waals surface area (Å²) in [5.41, 5.74) is 0. The number of rotatable bonds is 9. The molecule has 1 heterocycles. The summed E-state index contributed by atoms with van der Waals surface area (Å²) in [5, 5.41) is 3.40. The maximum Gasteiger partial charge on any atom is 0.0110 e. The SMILES string of the molecule is CCCCCCCN(C)CCN1CCNCC1. The van der Waals surface area contributed by atoms with Crippen LogP contribution in [0.3, 0.4) is 0 Å². The fourth-order valence-corrected chi connectivity index (χ4v) is 2.34. The van der Waals surface area contributed by atoms with Gasteiger partial charge in [-0.05, 0) is 20.0 Å². The lowest BCUT2D eigenvalue weighted by Crippen LogP contribution is -2.46. The van der Waals surface area contributed by atoms with E-state index in [0.717, 1.165) is 0 Å². The van der Waals surface area contributed by atoms with Crippen LogP contribution < -0.4 is 5.32 Å². The molecule has 0 amide bonds. The molecule has 3 heteroatoms. The minimum atomic E-state index is 1.17. The Hall–Kier alpha value is -0.120. The lowest BCUT2D eigenvalue weighted by molar-refractivity contribution is 0.203. The van der Waals surface area contributed by atoms with Crippen LogP contribution in [0.25, 0.3) is 0 Å². The van der Waals surface area contributed by atoms with E-state index in [1.807, 2.05) is 0 Å². The Balaban J connectivity index is 1.91. The molecule has 1 aliphatic rings. The van der Waals surface area contributed by atoms with Gasteiger partial charge in [-0.25, -0.2) is 0 Å². The van der Waals surface area contributed by atoms with Gasteiger partial charge in [0, 0.05) is 39.3 Å². The zero-order valence-electron chi connectivity index (χ0n) is 11.9. The van der Waals surface area contributed by atoms with Crippen LogP contribution in [0.1, 0.15) is 39.0 Å². The lowest BCUT2D eigenvalue weighted by Gasteiger charge is -2.29. The van der Waals surface area contributed by atoms with Gasteiger partial charge in [-0.15, -0.1) is 0 Å². The molecule has 0 aliphatic carbocycles. The summed E-state index contributed by atoms with van der Waals surface area (Å²) in [5.74, 6) is 0. The second-order valence-electron chi connectivity index (χ2n) is 5.31. The maximum absolute atomic E-state index is 3.40. The first kappa shape index (κ1) is 14.9. The minimum Gasteiger partial charge on any atom is -0.314 e. The Labute approximate surface area is 108 Å². The van der Waals surface area contributed by atoms with E-state index in [1.54, 1.807) is 0 Å². The molecule has 1 saturated heterocycles. The predicted molar refractivity (Wildman–Crippen MR) is 75.6 cm³/mol. The molecular weight excluding hydrogens is 210 g/mol. The molecule has 0 spiro atoms. The van der Waals surface area contributed by atoms with E-state index in [2.05, 4.69) is 29.1 Å². The van der Waals surface area contributed by atoms with Gasteiger partial charge in [-0.3, -0.25) is 4.90 Å². The van der Waals surface area contributed by atoms with Crippen LogP contribution in [0, 0.1) is 0 Å². The second kappa shape index (κ2) is 9.86. The number of hydrogen-bond donors (Lipinski definition) is 1. The molecule has 0 atom stereocenters. The van der Waals surface area contributed by atoms with Crippen molar-refractivity contribution < 1.29 is 0 Å². The van der Waals surface area contributed by atoms with Crippen molar-refractivity contribution in [3.8, 4) is 0 Å². The van der Waals surface area contributed by atoms with Crippen LogP contribution in [0.15, 0.2) is 0 Å². The molecule has 0 radical (unpaired) electrons. The topological polar surface area (TPSA) is 18.5 Å². The summed E-state index contributed by atoms with van der Waals surface area (Å²) in [6.45, 7) is 10.8. The molecule has 0 aromatic heterocycles. The highest BCUT2D eigenvalue weighted by Crippen LogP contribution is 2.03. The smallest absolute Gasteiger partial charge is 0.0110 e. The lowest BCUT2D eigenvalue weighted by atomic mass is 10.1. The molecular formula is C14H31N3. The van der Waals surface area contributed by atoms with Crippen molar-refractivity contribution in [3.63, 3.8) is 0 Å². The van der Waals surface area contributed by atoms with Gasteiger partial charge in [-0.2, -0.15) is 0 Å². The highest BCUT2D eigenvalue weighted by molar-refractivity contribution is 4.68. The van der Waals surface area contributed by atoms with Crippen LogP contribution in [0.2, 0.25) is 0 Å². The summed E-state index contributed by atoms with van der Waals surface area (Å²) < 4.78 is 0. The number of unbranched alkanes of at least 4 members (excludes halogenated alkanes) is 4. The summed E-state index contributed by atoms with van der Waals surface area (Å²) in [6, 6.07) is 0. The van der Waals surface area contributed by atoms with Crippen LogP contribution in [0.4, 0.5) is 0 Å². The number of nitrogens with zero attached hydrogens (tertiary/aromatic N) is 2. The van der Waals surface area contributed by atoms with Crippen LogP contribution >= 0.6 is 0 Å². The highest BCUT2D eigenvalue weighted by atomic mass is 15.2. The van der Waals surface area contributed by atoms with E-state index in [4.69, 9.17) is 0 Å². The van der Waals surface area contributed by atoms with Gasteiger partial charge >= 0.3 is 0 Å². The molecule has 0 saturated carbocycles. The summed E-state index contributed by atoms with van der Waals surface area (Å²) in [6.07, 6.45) is 6.95. The molecule has 0 unspecified atom stereocenters. The number of nitrogens with one attached hydrogen (secondary N) is 1. The normalized spacial score (nSPS) is 17.8. The first-order valence-electron chi connectivity index (χ1n) is 7.44. The maximum atomic E-state index is 3.40. The average molecular weight is 241 g/mol. The molecule has 3 nitrogen and oxygen atoms in total. The first-order chi connectivity index (χ1) is 8.33. The van der Waals surface area contributed by atoms with Crippen LogP contribution in [-0.2, 0) is 0 Å². The van der Waals surface area contributed by atoms with Gasteiger partial charge < -0.3 is 10.2 Å². The van der Waals surface area contributed by atoms with E-state index in [1.165, 1.54) is 77.9 Å². The Morgan fingerprint density at radius 3 is 2.41 bits per heavy atom. The Bertz CT molecular complexity index is 167.